The molecule has 1 aliphatic heterocycles. The van der Waals surface area contributed by atoms with E-state index in [1.165, 1.54) is 4.31 Å². The van der Waals surface area contributed by atoms with Crippen molar-refractivity contribution < 1.29 is 13.2 Å². The third-order valence-corrected chi connectivity index (χ3v) is 5.67. The van der Waals surface area contributed by atoms with Crippen molar-refractivity contribution in [3.8, 4) is 0 Å². The lowest BCUT2D eigenvalue weighted by molar-refractivity contribution is -0.126. The molecule has 0 bridgehead atoms. The second-order valence-electron chi connectivity index (χ2n) is 5.49. The summed E-state index contributed by atoms with van der Waals surface area (Å²) in [7, 11) is -3.14. The fraction of sp³-hybridized carbons (Fsp3) is 0.923. The summed E-state index contributed by atoms with van der Waals surface area (Å²) in [6.45, 7) is 5.14. The van der Waals surface area contributed by atoms with Crippen molar-refractivity contribution in [2.45, 2.75) is 45.6 Å². The highest BCUT2D eigenvalue weighted by molar-refractivity contribution is 7.89. The standard InChI is InChI=1S/C13H27N3O3S/c1-3-4-9-20(18,19)16-7-5-12(6-8-16)13(17)15-11(2)10-14/h11-12H,3-10,14H2,1-2H3,(H,15,17)/t11-/m0/s1. The van der Waals surface area contributed by atoms with Gasteiger partial charge in [0, 0.05) is 31.6 Å². The number of nitrogens with one attached hydrogen (secondary N) is 1. The quantitative estimate of drug-likeness (QED) is 0.707. The number of carbonyl (C=O) groups is 1. The van der Waals surface area contributed by atoms with Gasteiger partial charge in [0.05, 0.1) is 5.75 Å². The van der Waals surface area contributed by atoms with Gasteiger partial charge in [0.2, 0.25) is 15.9 Å². The maximum Gasteiger partial charge on any atom is 0.223 e. The molecule has 7 heteroatoms. The fourth-order valence-corrected chi connectivity index (χ4v) is 3.95. The molecule has 1 atom stereocenters. The highest BCUT2D eigenvalue weighted by atomic mass is 32.2. The first-order valence-electron chi connectivity index (χ1n) is 7.39. The summed E-state index contributed by atoms with van der Waals surface area (Å²) in [5.41, 5.74) is 5.47. The lowest BCUT2D eigenvalue weighted by Crippen LogP contribution is -2.46. The molecular weight excluding hydrogens is 278 g/mol. The summed E-state index contributed by atoms with van der Waals surface area (Å²) in [6.07, 6.45) is 2.74. The van der Waals surface area contributed by atoms with Crippen LogP contribution in [0.2, 0.25) is 0 Å². The Bertz CT molecular complexity index is 403. The molecule has 1 amide bonds. The number of carbonyl (C=O) groups excluding carboxylic acids is 1. The van der Waals surface area contributed by atoms with Crippen LogP contribution in [0.3, 0.4) is 0 Å². The maximum absolute atomic E-state index is 12.1. The Morgan fingerprint density at radius 2 is 2.00 bits per heavy atom. The van der Waals surface area contributed by atoms with E-state index in [1.807, 2.05) is 13.8 Å². The van der Waals surface area contributed by atoms with Crippen LogP contribution in [0, 0.1) is 5.92 Å². The molecule has 0 aromatic carbocycles. The molecule has 3 N–H and O–H groups in total. The molecule has 0 saturated carbocycles. The zero-order valence-electron chi connectivity index (χ0n) is 12.5. The zero-order valence-corrected chi connectivity index (χ0v) is 13.3. The van der Waals surface area contributed by atoms with Crippen LogP contribution in [0.4, 0.5) is 0 Å². The van der Waals surface area contributed by atoms with E-state index in [-0.39, 0.29) is 23.6 Å². The molecule has 20 heavy (non-hydrogen) atoms. The van der Waals surface area contributed by atoms with E-state index >= 15 is 0 Å². The van der Waals surface area contributed by atoms with Crippen molar-refractivity contribution in [1.82, 2.24) is 9.62 Å². The molecule has 1 rings (SSSR count). The Balaban J connectivity index is 2.45. The van der Waals surface area contributed by atoms with Gasteiger partial charge in [0.15, 0.2) is 0 Å². The van der Waals surface area contributed by atoms with E-state index in [9.17, 15) is 13.2 Å². The lowest BCUT2D eigenvalue weighted by atomic mass is 9.97. The minimum absolute atomic E-state index is 0.00597. The highest BCUT2D eigenvalue weighted by Crippen LogP contribution is 2.20. The fourth-order valence-electron chi connectivity index (χ4n) is 2.27. The first-order chi connectivity index (χ1) is 9.40. The van der Waals surface area contributed by atoms with Gasteiger partial charge in [-0.15, -0.1) is 0 Å². The molecule has 0 spiro atoms. The predicted molar refractivity (Wildman–Crippen MR) is 79.7 cm³/mol. The average molecular weight is 305 g/mol. The number of unbranched alkanes of at least 4 members (excludes halogenated alkanes) is 1. The van der Waals surface area contributed by atoms with Crippen LogP contribution in [0.5, 0.6) is 0 Å². The third-order valence-electron chi connectivity index (χ3n) is 3.72. The zero-order chi connectivity index (χ0) is 15.2. The number of piperidine rings is 1. The molecule has 6 nitrogen and oxygen atoms in total. The first kappa shape index (κ1) is 17.4. The van der Waals surface area contributed by atoms with Crippen molar-refractivity contribution >= 4 is 15.9 Å². The second kappa shape index (κ2) is 7.95. The van der Waals surface area contributed by atoms with Crippen LogP contribution in [0.15, 0.2) is 0 Å². The largest absolute Gasteiger partial charge is 0.352 e. The van der Waals surface area contributed by atoms with Crippen molar-refractivity contribution in [3.05, 3.63) is 0 Å². The second-order valence-corrected chi connectivity index (χ2v) is 7.58. The minimum Gasteiger partial charge on any atom is -0.352 e. The number of sulfonamides is 1. The van der Waals surface area contributed by atoms with Crippen molar-refractivity contribution in [2.75, 3.05) is 25.4 Å². The number of nitrogens with zero attached hydrogens (tertiary/aromatic N) is 1. The smallest absolute Gasteiger partial charge is 0.223 e. The minimum atomic E-state index is -3.14. The van der Waals surface area contributed by atoms with E-state index in [2.05, 4.69) is 5.32 Å². The molecule has 1 fully saturated rings. The summed E-state index contributed by atoms with van der Waals surface area (Å²) in [5, 5.41) is 2.86. The Morgan fingerprint density at radius 3 is 2.50 bits per heavy atom. The molecule has 0 radical (unpaired) electrons. The van der Waals surface area contributed by atoms with E-state index < -0.39 is 10.0 Å². The summed E-state index contributed by atoms with van der Waals surface area (Å²) in [4.78, 5) is 12.0. The highest BCUT2D eigenvalue weighted by Gasteiger charge is 2.30. The third kappa shape index (κ3) is 5.03. The number of hydrogen-bond donors (Lipinski definition) is 2. The molecule has 0 aromatic heterocycles. The lowest BCUT2D eigenvalue weighted by Gasteiger charge is -2.31. The van der Waals surface area contributed by atoms with Crippen LogP contribution in [-0.2, 0) is 14.8 Å². The van der Waals surface area contributed by atoms with Gasteiger partial charge < -0.3 is 11.1 Å². The first-order valence-corrected chi connectivity index (χ1v) is 9.00. The van der Waals surface area contributed by atoms with E-state index in [0.717, 1.165) is 6.42 Å². The van der Waals surface area contributed by atoms with Gasteiger partial charge in [0.1, 0.15) is 0 Å². The van der Waals surface area contributed by atoms with Gasteiger partial charge in [-0.1, -0.05) is 13.3 Å². The molecule has 1 aliphatic rings. The summed E-state index contributed by atoms with van der Waals surface area (Å²) in [5.74, 6) is 0.111. The number of nitrogens with two attached hydrogens (primary N) is 1. The normalized spacial score (nSPS) is 19.8. The number of hydrogen-bond acceptors (Lipinski definition) is 4. The molecule has 1 heterocycles. The Kier molecular flexibility index (Phi) is 6.91. The van der Waals surface area contributed by atoms with Crippen molar-refractivity contribution in [3.63, 3.8) is 0 Å². The predicted octanol–water partition coefficient (Wildman–Crippen LogP) is 0.292. The Hall–Kier alpha value is -0.660. The van der Waals surface area contributed by atoms with Crippen LogP contribution >= 0.6 is 0 Å². The molecule has 0 aliphatic carbocycles. The Morgan fingerprint density at radius 1 is 1.40 bits per heavy atom. The van der Waals surface area contributed by atoms with Gasteiger partial charge >= 0.3 is 0 Å². The molecule has 0 aromatic rings. The molecular formula is C13H27N3O3S. The molecule has 0 unspecified atom stereocenters. The molecule has 1 saturated heterocycles. The van der Waals surface area contributed by atoms with Gasteiger partial charge in [-0.3, -0.25) is 4.79 Å². The van der Waals surface area contributed by atoms with Crippen molar-refractivity contribution in [1.29, 1.82) is 0 Å². The monoisotopic (exact) mass is 305 g/mol. The van der Waals surface area contributed by atoms with E-state index in [1.54, 1.807) is 0 Å². The summed E-state index contributed by atoms with van der Waals surface area (Å²) >= 11 is 0. The SMILES string of the molecule is CCCCS(=O)(=O)N1CCC(C(=O)N[C@@H](C)CN)CC1. The average Bonchev–Trinajstić information content (AvgIpc) is 2.45. The van der Waals surface area contributed by atoms with Crippen LogP contribution in [0.25, 0.3) is 0 Å². The summed E-state index contributed by atoms with van der Waals surface area (Å²) < 4.78 is 25.6. The van der Waals surface area contributed by atoms with Gasteiger partial charge in [-0.05, 0) is 26.2 Å². The van der Waals surface area contributed by atoms with Crippen molar-refractivity contribution in [2.24, 2.45) is 11.7 Å². The van der Waals surface area contributed by atoms with Crippen LogP contribution < -0.4 is 11.1 Å². The maximum atomic E-state index is 12.1. The van der Waals surface area contributed by atoms with Gasteiger partial charge in [-0.2, -0.15) is 0 Å². The Labute approximate surface area is 122 Å². The van der Waals surface area contributed by atoms with E-state index in [4.69, 9.17) is 5.73 Å². The van der Waals surface area contributed by atoms with Gasteiger partial charge in [0.25, 0.3) is 0 Å². The van der Waals surface area contributed by atoms with Gasteiger partial charge in [-0.25, -0.2) is 12.7 Å². The number of rotatable bonds is 7. The van der Waals surface area contributed by atoms with Crippen LogP contribution in [0.1, 0.15) is 39.5 Å². The summed E-state index contributed by atoms with van der Waals surface area (Å²) in [6, 6.07) is -0.0335. The van der Waals surface area contributed by atoms with E-state index in [0.29, 0.717) is 38.9 Å². The number of amides is 1. The van der Waals surface area contributed by atoms with Crippen LogP contribution in [-0.4, -0.2) is 50.1 Å². The topological polar surface area (TPSA) is 92.5 Å². The molecule has 118 valence electrons.